The van der Waals surface area contributed by atoms with Crippen LogP contribution in [-0.4, -0.2) is 27.5 Å². The molecule has 1 saturated carbocycles. The molecule has 5 heteroatoms. The highest BCUT2D eigenvalue weighted by molar-refractivity contribution is 5.91. The molecule has 1 aromatic heterocycles. The molecule has 0 amide bonds. The van der Waals surface area contributed by atoms with Crippen molar-refractivity contribution in [1.82, 2.24) is 9.78 Å². The quantitative estimate of drug-likeness (QED) is 0.767. The Labute approximate surface area is 87.7 Å². The molecule has 0 spiro atoms. The van der Waals surface area contributed by atoms with E-state index in [1.54, 1.807) is 6.92 Å². The van der Waals surface area contributed by atoms with Crippen LogP contribution in [0.25, 0.3) is 0 Å². The van der Waals surface area contributed by atoms with Crippen molar-refractivity contribution in [3.63, 3.8) is 0 Å². The third-order valence-electron chi connectivity index (χ3n) is 2.69. The molecule has 0 saturated heterocycles. The number of hydrogen-bond acceptors (Lipinski definition) is 4. The first kappa shape index (κ1) is 10.0. The van der Waals surface area contributed by atoms with Gasteiger partial charge in [-0.05, 0) is 26.2 Å². The molecule has 1 fully saturated rings. The minimum absolute atomic E-state index is 0.0712. The summed E-state index contributed by atoms with van der Waals surface area (Å²) in [5.41, 5.74) is 0.156. The summed E-state index contributed by atoms with van der Waals surface area (Å²) in [6.07, 6.45) is 4.54. The molecule has 0 aliphatic heterocycles. The van der Waals surface area contributed by atoms with Crippen molar-refractivity contribution in [2.75, 3.05) is 6.61 Å². The molecule has 82 valence electrons. The zero-order valence-corrected chi connectivity index (χ0v) is 8.64. The standard InChI is InChI=1S/C10H14N2O3/c1-2-15-10(14)8-6-11-12(9(8)13)7-4-3-5-7/h6-7,13H,2-5H2,1H3. The summed E-state index contributed by atoms with van der Waals surface area (Å²) in [6, 6.07) is 0.244. The van der Waals surface area contributed by atoms with Crippen LogP contribution in [0, 0.1) is 0 Å². The summed E-state index contributed by atoms with van der Waals surface area (Å²) >= 11 is 0. The first-order valence-electron chi connectivity index (χ1n) is 5.17. The van der Waals surface area contributed by atoms with Crippen LogP contribution in [0.1, 0.15) is 42.6 Å². The zero-order valence-electron chi connectivity index (χ0n) is 8.64. The van der Waals surface area contributed by atoms with Gasteiger partial charge in [0.2, 0.25) is 5.88 Å². The molecule has 0 aromatic carbocycles. The van der Waals surface area contributed by atoms with Crippen molar-refractivity contribution in [1.29, 1.82) is 0 Å². The van der Waals surface area contributed by atoms with E-state index in [0.29, 0.717) is 6.61 Å². The minimum Gasteiger partial charge on any atom is -0.493 e. The number of ether oxygens (including phenoxy) is 1. The van der Waals surface area contributed by atoms with Crippen LogP contribution < -0.4 is 0 Å². The summed E-state index contributed by atoms with van der Waals surface area (Å²) in [4.78, 5) is 11.4. The lowest BCUT2D eigenvalue weighted by atomic mass is 9.93. The molecule has 5 nitrogen and oxygen atoms in total. The van der Waals surface area contributed by atoms with E-state index in [-0.39, 0.29) is 17.5 Å². The SMILES string of the molecule is CCOC(=O)c1cnn(C2CCC2)c1O. The minimum atomic E-state index is -0.513. The van der Waals surface area contributed by atoms with E-state index < -0.39 is 5.97 Å². The fourth-order valence-electron chi connectivity index (χ4n) is 1.61. The molecule has 0 bridgehead atoms. The molecule has 1 aliphatic rings. The topological polar surface area (TPSA) is 64.3 Å². The molecule has 15 heavy (non-hydrogen) atoms. The average Bonchev–Trinajstić information content (AvgIpc) is 2.46. The van der Waals surface area contributed by atoms with Crippen molar-refractivity contribution < 1.29 is 14.6 Å². The first-order valence-corrected chi connectivity index (χ1v) is 5.17. The Morgan fingerprint density at radius 1 is 1.73 bits per heavy atom. The van der Waals surface area contributed by atoms with E-state index in [1.165, 1.54) is 10.9 Å². The number of hydrogen-bond donors (Lipinski definition) is 1. The Bertz CT molecular complexity index is 369. The van der Waals surface area contributed by atoms with E-state index in [0.717, 1.165) is 19.3 Å². The summed E-state index contributed by atoms with van der Waals surface area (Å²) < 4.78 is 6.31. The molecule has 1 heterocycles. The number of aromatic nitrogens is 2. The van der Waals surface area contributed by atoms with Crippen LogP contribution >= 0.6 is 0 Å². The monoisotopic (exact) mass is 210 g/mol. The molecule has 0 unspecified atom stereocenters. The Hall–Kier alpha value is -1.52. The third-order valence-corrected chi connectivity index (χ3v) is 2.69. The molecule has 1 aliphatic carbocycles. The molecule has 2 rings (SSSR count). The third kappa shape index (κ3) is 1.69. The van der Waals surface area contributed by atoms with Gasteiger partial charge in [-0.1, -0.05) is 0 Å². The lowest BCUT2D eigenvalue weighted by Gasteiger charge is -2.25. The molecule has 1 aromatic rings. The van der Waals surface area contributed by atoms with Gasteiger partial charge in [-0.2, -0.15) is 5.10 Å². The molecule has 1 N–H and O–H groups in total. The van der Waals surface area contributed by atoms with Crippen molar-refractivity contribution in [2.45, 2.75) is 32.2 Å². The van der Waals surface area contributed by atoms with Crippen LogP contribution in [0.2, 0.25) is 0 Å². The Morgan fingerprint density at radius 3 is 3.00 bits per heavy atom. The summed E-state index contributed by atoms with van der Waals surface area (Å²) in [5.74, 6) is -0.585. The normalized spacial score (nSPS) is 16.1. The summed E-state index contributed by atoms with van der Waals surface area (Å²) in [7, 11) is 0. The van der Waals surface area contributed by atoms with Crippen molar-refractivity contribution in [3.05, 3.63) is 11.8 Å². The van der Waals surface area contributed by atoms with E-state index in [4.69, 9.17) is 4.74 Å². The van der Waals surface area contributed by atoms with Crippen LogP contribution in [0.5, 0.6) is 5.88 Å². The van der Waals surface area contributed by atoms with Gasteiger partial charge < -0.3 is 9.84 Å². The maximum absolute atomic E-state index is 11.4. The second kappa shape index (κ2) is 3.92. The number of carbonyl (C=O) groups excluding carboxylic acids is 1. The Balaban J connectivity index is 2.19. The van der Waals surface area contributed by atoms with Crippen LogP contribution in [-0.2, 0) is 4.74 Å². The molecular formula is C10H14N2O3. The van der Waals surface area contributed by atoms with Gasteiger partial charge in [-0.3, -0.25) is 0 Å². The maximum Gasteiger partial charge on any atom is 0.345 e. The van der Waals surface area contributed by atoms with Crippen molar-refractivity contribution in [2.24, 2.45) is 0 Å². The van der Waals surface area contributed by atoms with Gasteiger partial charge in [0.25, 0.3) is 0 Å². The number of nitrogens with zero attached hydrogens (tertiary/aromatic N) is 2. The zero-order chi connectivity index (χ0) is 10.8. The van der Waals surface area contributed by atoms with Gasteiger partial charge in [0.1, 0.15) is 5.56 Å². The fourth-order valence-corrected chi connectivity index (χ4v) is 1.61. The van der Waals surface area contributed by atoms with E-state index in [9.17, 15) is 9.90 Å². The smallest absolute Gasteiger partial charge is 0.345 e. The van der Waals surface area contributed by atoms with E-state index >= 15 is 0 Å². The number of aromatic hydroxyl groups is 1. The van der Waals surface area contributed by atoms with Gasteiger partial charge in [0.15, 0.2) is 0 Å². The molecule has 0 radical (unpaired) electrons. The number of esters is 1. The highest BCUT2D eigenvalue weighted by atomic mass is 16.5. The van der Waals surface area contributed by atoms with Gasteiger partial charge in [0.05, 0.1) is 18.8 Å². The van der Waals surface area contributed by atoms with Crippen LogP contribution in [0.15, 0.2) is 6.20 Å². The second-order valence-electron chi connectivity index (χ2n) is 3.63. The van der Waals surface area contributed by atoms with Gasteiger partial charge in [-0.25, -0.2) is 9.48 Å². The van der Waals surface area contributed by atoms with Crippen LogP contribution in [0.4, 0.5) is 0 Å². The molecule has 0 atom stereocenters. The Kier molecular flexibility index (Phi) is 2.62. The lowest BCUT2D eigenvalue weighted by molar-refractivity contribution is 0.0522. The summed E-state index contributed by atoms with van der Waals surface area (Å²) in [5, 5.41) is 13.8. The van der Waals surface area contributed by atoms with Gasteiger partial charge >= 0.3 is 5.97 Å². The lowest BCUT2D eigenvalue weighted by Crippen LogP contribution is -2.17. The summed E-state index contributed by atoms with van der Waals surface area (Å²) in [6.45, 7) is 2.03. The van der Waals surface area contributed by atoms with Gasteiger partial charge in [0, 0.05) is 0 Å². The highest BCUT2D eigenvalue weighted by Gasteiger charge is 2.26. The van der Waals surface area contributed by atoms with Crippen molar-refractivity contribution in [3.8, 4) is 5.88 Å². The predicted molar refractivity (Wildman–Crippen MR) is 52.7 cm³/mol. The van der Waals surface area contributed by atoms with Crippen LogP contribution in [0.3, 0.4) is 0 Å². The average molecular weight is 210 g/mol. The fraction of sp³-hybridized carbons (Fsp3) is 0.600. The highest BCUT2D eigenvalue weighted by Crippen LogP contribution is 2.34. The van der Waals surface area contributed by atoms with E-state index in [1.807, 2.05) is 0 Å². The number of rotatable bonds is 3. The maximum atomic E-state index is 11.4. The van der Waals surface area contributed by atoms with Crippen molar-refractivity contribution >= 4 is 5.97 Å². The van der Waals surface area contributed by atoms with E-state index in [2.05, 4.69) is 5.10 Å². The number of carbonyl (C=O) groups is 1. The van der Waals surface area contributed by atoms with Gasteiger partial charge in [-0.15, -0.1) is 0 Å². The molecular weight excluding hydrogens is 196 g/mol. The second-order valence-corrected chi connectivity index (χ2v) is 3.63. The largest absolute Gasteiger partial charge is 0.493 e. The predicted octanol–water partition coefficient (Wildman–Crippen LogP) is 1.49. The first-order chi connectivity index (χ1) is 7.24. The Morgan fingerprint density at radius 2 is 2.47 bits per heavy atom.